The van der Waals surface area contributed by atoms with Gasteiger partial charge in [0, 0.05) is 23.3 Å². The predicted octanol–water partition coefficient (Wildman–Crippen LogP) is 4.93. The van der Waals surface area contributed by atoms with E-state index in [9.17, 15) is 0 Å². The lowest BCUT2D eigenvalue weighted by Gasteiger charge is -2.53. The molecule has 0 N–H and O–H groups in total. The summed E-state index contributed by atoms with van der Waals surface area (Å²) in [5, 5.41) is 0. The van der Waals surface area contributed by atoms with Crippen LogP contribution < -0.4 is 0 Å². The average molecular weight is 351 g/mol. The molecule has 0 bridgehead atoms. The maximum Gasteiger partial charge on any atom is 0.179 e. The van der Waals surface area contributed by atoms with E-state index in [1.807, 2.05) is 12.2 Å². The molecule has 0 aromatic heterocycles. The van der Waals surface area contributed by atoms with Crippen LogP contribution in [0.25, 0.3) is 0 Å². The lowest BCUT2D eigenvalue weighted by molar-refractivity contribution is -0.246. The fourth-order valence-electron chi connectivity index (χ4n) is 4.69. The fourth-order valence-corrected chi connectivity index (χ4v) is 7.83. The second-order valence-corrected chi connectivity index (χ2v) is 10.4. The molecule has 4 aliphatic rings. The maximum atomic E-state index is 6.50. The van der Waals surface area contributed by atoms with E-state index in [2.05, 4.69) is 49.7 Å². The van der Waals surface area contributed by atoms with Gasteiger partial charge in [-0.25, -0.2) is 0 Å². The molecule has 1 saturated carbocycles. The Labute approximate surface area is 148 Å². The number of hydrogen-bond donors (Lipinski definition) is 0. The van der Waals surface area contributed by atoms with Gasteiger partial charge in [0.2, 0.25) is 0 Å². The first-order valence-electron chi connectivity index (χ1n) is 8.67. The topological polar surface area (TPSA) is 18.5 Å². The molecule has 3 fully saturated rings. The van der Waals surface area contributed by atoms with Crippen LogP contribution in [0.3, 0.4) is 0 Å². The van der Waals surface area contributed by atoms with E-state index in [0.29, 0.717) is 4.08 Å². The Bertz CT molecular complexity index is 534. The number of fused-ring (bicyclic) bond motifs is 2. The highest BCUT2D eigenvalue weighted by molar-refractivity contribution is 8.21. The zero-order valence-corrected chi connectivity index (χ0v) is 15.5. The Hall–Kier alpha value is -0.160. The molecule has 0 radical (unpaired) electrons. The molecule has 4 heteroatoms. The van der Waals surface area contributed by atoms with Gasteiger partial charge in [0.25, 0.3) is 0 Å². The van der Waals surface area contributed by atoms with Crippen molar-refractivity contribution in [3.63, 3.8) is 0 Å². The van der Waals surface area contributed by atoms with E-state index in [1.165, 1.54) is 24.3 Å². The van der Waals surface area contributed by atoms with Crippen molar-refractivity contribution in [2.45, 2.75) is 61.1 Å². The van der Waals surface area contributed by atoms with E-state index in [0.717, 1.165) is 19.3 Å². The van der Waals surface area contributed by atoms with Gasteiger partial charge in [-0.1, -0.05) is 30.7 Å². The van der Waals surface area contributed by atoms with Gasteiger partial charge in [-0.15, -0.1) is 36.7 Å². The number of hydrogen-bond acceptors (Lipinski definition) is 4. The molecule has 126 valence electrons. The van der Waals surface area contributed by atoms with Crippen LogP contribution in [0.1, 0.15) is 39.0 Å². The Kier molecular flexibility index (Phi) is 4.03. The standard InChI is InChI=1S/C19H26O2S2/c1-4-15-16(5-2)21-19(20-15)8-6-7-14-13-18(22-11-12-23-18)10-9-17(14,19)3/h4-5,13,15-16H,1-2,6-12H2,3H3/t15-,16-,17+/m1/s1. The molecule has 0 amide bonds. The first-order valence-corrected chi connectivity index (χ1v) is 10.6. The third kappa shape index (κ3) is 2.32. The number of rotatable bonds is 2. The Morgan fingerprint density at radius 2 is 1.74 bits per heavy atom. The summed E-state index contributed by atoms with van der Waals surface area (Å²) in [5.74, 6) is 2.06. The lowest BCUT2D eigenvalue weighted by atomic mass is 9.62. The summed E-state index contributed by atoms with van der Waals surface area (Å²) in [6, 6.07) is 0. The van der Waals surface area contributed by atoms with Gasteiger partial charge in [-0.3, -0.25) is 0 Å². The minimum absolute atomic E-state index is 0.0147. The van der Waals surface area contributed by atoms with Gasteiger partial charge >= 0.3 is 0 Å². The molecular weight excluding hydrogens is 324 g/mol. The van der Waals surface area contributed by atoms with Crippen molar-refractivity contribution in [3.8, 4) is 0 Å². The summed E-state index contributed by atoms with van der Waals surface area (Å²) in [6.07, 6.45) is 11.8. The number of ether oxygens (including phenoxy) is 2. The van der Waals surface area contributed by atoms with Gasteiger partial charge in [0.05, 0.1) is 4.08 Å². The normalized spacial score (nSPS) is 40.8. The second kappa shape index (κ2) is 5.69. The van der Waals surface area contributed by atoms with E-state index < -0.39 is 5.79 Å². The van der Waals surface area contributed by atoms with Crippen molar-refractivity contribution in [1.82, 2.24) is 0 Å². The molecule has 2 nitrogen and oxygen atoms in total. The van der Waals surface area contributed by atoms with E-state index in [4.69, 9.17) is 9.47 Å². The molecule has 23 heavy (non-hydrogen) atoms. The Morgan fingerprint density at radius 1 is 1.09 bits per heavy atom. The third-order valence-electron chi connectivity index (χ3n) is 6.09. The third-order valence-corrected chi connectivity index (χ3v) is 9.49. The SMILES string of the molecule is C=C[C@H]1OC2(CCCC3=CC4(CC[C@@]32C)SCCS4)O[C@@H]1C=C. The molecule has 4 rings (SSSR count). The summed E-state index contributed by atoms with van der Waals surface area (Å²) in [4.78, 5) is 0. The zero-order chi connectivity index (χ0) is 16.1. The van der Waals surface area contributed by atoms with Crippen molar-refractivity contribution < 1.29 is 9.47 Å². The number of thioether (sulfide) groups is 2. The van der Waals surface area contributed by atoms with Gasteiger partial charge < -0.3 is 9.47 Å². The average Bonchev–Trinajstić information content (AvgIpc) is 3.16. The van der Waals surface area contributed by atoms with Crippen LogP contribution in [0.15, 0.2) is 37.0 Å². The predicted molar refractivity (Wildman–Crippen MR) is 99.8 cm³/mol. The van der Waals surface area contributed by atoms with Crippen LogP contribution in [0, 0.1) is 5.41 Å². The van der Waals surface area contributed by atoms with Gasteiger partial charge in [-0.05, 0) is 25.7 Å². The quantitative estimate of drug-likeness (QED) is 0.657. The molecule has 3 atom stereocenters. The molecule has 0 unspecified atom stereocenters. The van der Waals surface area contributed by atoms with Crippen molar-refractivity contribution in [3.05, 3.63) is 37.0 Å². The van der Waals surface area contributed by atoms with E-state index >= 15 is 0 Å². The van der Waals surface area contributed by atoms with Gasteiger partial charge in [0.1, 0.15) is 12.2 Å². The van der Waals surface area contributed by atoms with E-state index in [1.54, 1.807) is 5.57 Å². The second-order valence-electron chi connectivity index (χ2n) is 7.25. The van der Waals surface area contributed by atoms with Crippen LogP contribution in [0.2, 0.25) is 0 Å². The minimum atomic E-state index is -0.496. The molecule has 2 aliphatic carbocycles. The molecule has 0 aromatic carbocycles. The highest BCUT2D eigenvalue weighted by Gasteiger charge is 2.62. The van der Waals surface area contributed by atoms with Gasteiger partial charge in [-0.2, -0.15) is 0 Å². The van der Waals surface area contributed by atoms with Crippen LogP contribution in [-0.4, -0.2) is 33.6 Å². The maximum absolute atomic E-state index is 6.50. The van der Waals surface area contributed by atoms with Crippen molar-refractivity contribution in [1.29, 1.82) is 0 Å². The summed E-state index contributed by atoms with van der Waals surface area (Å²) < 4.78 is 13.3. The fraction of sp³-hybridized carbons (Fsp3) is 0.684. The molecule has 2 saturated heterocycles. The van der Waals surface area contributed by atoms with Gasteiger partial charge in [0.15, 0.2) is 5.79 Å². The van der Waals surface area contributed by atoms with Crippen LogP contribution >= 0.6 is 23.5 Å². The smallest absolute Gasteiger partial charge is 0.179 e. The molecule has 2 aliphatic heterocycles. The Balaban J connectivity index is 1.71. The summed E-state index contributed by atoms with van der Waals surface area (Å²) in [6.45, 7) is 10.2. The van der Waals surface area contributed by atoms with Crippen molar-refractivity contribution >= 4 is 23.5 Å². The molecule has 2 heterocycles. The largest absolute Gasteiger partial charge is 0.339 e. The molecule has 2 spiro atoms. The van der Waals surface area contributed by atoms with E-state index in [-0.39, 0.29) is 17.6 Å². The Morgan fingerprint density at radius 3 is 2.35 bits per heavy atom. The van der Waals surface area contributed by atoms with Crippen LogP contribution in [0.4, 0.5) is 0 Å². The zero-order valence-electron chi connectivity index (χ0n) is 13.9. The minimum Gasteiger partial charge on any atom is -0.339 e. The lowest BCUT2D eigenvalue weighted by Crippen LogP contribution is -2.54. The highest BCUT2D eigenvalue weighted by Crippen LogP contribution is 2.63. The monoisotopic (exact) mass is 350 g/mol. The summed E-state index contributed by atoms with van der Waals surface area (Å²) in [7, 11) is 0. The molecular formula is C19H26O2S2. The summed E-state index contributed by atoms with van der Waals surface area (Å²) >= 11 is 4.27. The van der Waals surface area contributed by atoms with Crippen molar-refractivity contribution in [2.75, 3.05) is 11.5 Å². The first kappa shape index (κ1) is 16.3. The first-order chi connectivity index (χ1) is 11.1. The molecule has 0 aromatic rings. The van der Waals surface area contributed by atoms with Crippen LogP contribution in [-0.2, 0) is 9.47 Å². The summed E-state index contributed by atoms with van der Waals surface area (Å²) in [5.41, 5.74) is 1.54. The highest BCUT2D eigenvalue weighted by atomic mass is 32.2. The van der Waals surface area contributed by atoms with Crippen molar-refractivity contribution in [2.24, 2.45) is 5.41 Å². The van der Waals surface area contributed by atoms with Crippen LogP contribution in [0.5, 0.6) is 0 Å².